The van der Waals surface area contributed by atoms with Gasteiger partial charge in [0.05, 0.1) is 12.7 Å². The van der Waals surface area contributed by atoms with Gasteiger partial charge in [0, 0.05) is 6.04 Å². The van der Waals surface area contributed by atoms with Crippen LogP contribution >= 0.6 is 0 Å². The van der Waals surface area contributed by atoms with Crippen molar-refractivity contribution in [1.82, 2.24) is 5.32 Å². The minimum atomic E-state index is -0.793. The Bertz CT molecular complexity index is 289. The van der Waals surface area contributed by atoms with E-state index < -0.39 is 12.0 Å². The Morgan fingerprint density at radius 1 is 1.33 bits per heavy atom. The van der Waals surface area contributed by atoms with E-state index in [4.69, 9.17) is 9.84 Å². The van der Waals surface area contributed by atoms with Crippen LogP contribution in [0.1, 0.15) is 52.4 Å². The number of ether oxygens (including phenoxy) is 1. The first-order valence-corrected chi connectivity index (χ1v) is 7.07. The third-order valence-corrected chi connectivity index (χ3v) is 4.10. The smallest absolute Gasteiger partial charge is 0.323 e. The molecule has 18 heavy (non-hydrogen) atoms. The minimum Gasteiger partial charge on any atom is -0.480 e. The fourth-order valence-corrected chi connectivity index (χ4v) is 2.50. The second-order valence-electron chi connectivity index (χ2n) is 6.53. The van der Waals surface area contributed by atoms with E-state index in [1.807, 2.05) is 0 Å². The van der Waals surface area contributed by atoms with Crippen LogP contribution in [0.15, 0.2) is 0 Å². The second-order valence-corrected chi connectivity index (χ2v) is 6.53. The predicted molar refractivity (Wildman–Crippen MR) is 69.6 cm³/mol. The van der Waals surface area contributed by atoms with Crippen LogP contribution in [0.5, 0.6) is 0 Å². The number of carboxylic acids is 1. The van der Waals surface area contributed by atoms with E-state index in [1.54, 1.807) is 0 Å². The van der Waals surface area contributed by atoms with E-state index >= 15 is 0 Å². The molecule has 1 unspecified atom stereocenters. The molecule has 0 aliphatic heterocycles. The average Bonchev–Trinajstić information content (AvgIpc) is 3.09. The predicted octanol–water partition coefficient (Wildman–Crippen LogP) is 2.18. The van der Waals surface area contributed by atoms with Gasteiger partial charge in [-0.1, -0.05) is 13.8 Å². The molecule has 0 aromatic heterocycles. The van der Waals surface area contributed by atoms with Gasteiger partial charge in [0.15, 0.2) is 0 Å². The fraction of sp³-hybridized carbons (Fsp3) is 0.929. The fourth-order valence-electron chi connectivity index (χ4n) is 2.50. The Hall–Kier alpha value is -0.610. The summed E-state index contributed by atoms with van der Waals surface area (Å²) in [5, 5.41) is 12.2. The van der Waals surface area contributed by atoms with Crippen LogP contribution in [0.4, 0.5) is 0 Å². The first-order chi connectivity index (χ1) is 8.46. The molecule has 2 aliphatic rings. The van der Waals surface area contributed by atoms with E-state index in [-0.39, 0.29) is 6.10 Å². The van der Waals surface area contributed by atoms with E-state index in [0.29, 0.717) is 18.1 Å². The summed E-state index contributed by atoms with van der Waals surface area (Å²) in [7, 11) is 0. The Kier molecular flexibility index (Phi) is 4.28. The minimum absolute atomic E-state index is 0.251. The monoisotopic (exact) mass is 255 g/mol. The van der Waals surface area contributed by atoms with Gasteiger partial charge in [0.25, 0.3) is 0 Å². The van der Waals surface area contributed by atoms with Crippen molar-refractivity contribution in [3.8, 4) is 0 Å². The molecule has 4 nitrogen and oxygen atoms in total. The molecule has 0 aromatic carbocycles. The van der Waals surface area contributed by atoms with Crippen LogP contribution < -0.4 is 5.32 Å². The number of carboxylic acid groups (broad SMARTS) is 1. The SMILES string of the molecule is CC1(C)CCC(OCC(NC2CC2)C(=O)O)CC1. The van der Waals surface area contributed by atoms with Crippen molar-refractivity contribution in [3.05, 3.63) is 0 Å². The molecule has 0 heterocycles. The molecule has 0 radical (unpaired) electrons. The molecule has 0 bridgehead atoms. The number of rotatable bonds is 6. The van der Waals surface area contributed by atoms with Crippen LogP contribution in [0.3, 0.4) is 0 Å². The molecule has 2 saturated carbocycles. The van der Waals surface area contributed by atoms with Gasteiger partial charge in [0.2, 0.25) is 0 Å². The van der Waals surface area contributed by atoms with Gasteiger partial charge in [-0.3, -0.25) is 10.1 Å². The number of nitrogens with one attached hydrogen (secondary N) is 1. The summed E-state index contributed by atoms with van der Waals surface area (Å²) in [4.78, 5) is 11.1. The van der Waals surface area contributed by atoms with Gasteiger partial charge in [-0.05, 0) is 43.9 Å². The van der Waals surface area contributed by atoms with Gasteiger partial charge in [-0.25, -0.2) is 0 Å². The van der Waals surface area contributed by atoms with Gasteiger partial charge in [0.1, 0.15) is 6.04 Å². The van der Waals surface area contributed by atoms with Crippen molar-refractivity contribution in [2.24, 2.45) is 5.41 Å². The number of carbonyl (C=O) groups is 1. The Balaban J connectivity index is 1.70. The topological polar surface area (TPSA) is 58.6 Å². The van der Waals surface area contributed by atoms with E-state index in [9.17, 15) is 4.79 Å². The molecule has 0 spiro atoms. The molecular weight excluding hydrogens is 230 g/mol. The molecule has 0 saturated heterocycles. The normalized spacial score (nSPS) is 25.9. The standard InChI is InChI=1S/C14H25NO3/c1-14(2)7-5-11(6-8-14)18-9-12(13(16)17)15-10-3-4-10/h10-12,15H,3-9H2,1-2H3,(H,16,17). The first kappa shape index (κ1) is 13.8. The molecular formula is C14H25NO3. The largest absolute Gasteiger partial charge is 0.480 e. The lowest BCUT2D eigenvalue weighted by Crippen LogP contribution is -2.43. The summed E-state index contributed by atoms with van der Waals surface area (Å²) in [6.07, 6.45) is 6.91. The lowest BCUT2D eigenvalue weighted by Gasteiger charge is -2.34. The van der Waals surface area contributed by atoms with E-state index in [1.165, 1.54) is 12.8 Å². The van der Waals surface area contributed by atoms with Crippen molar-refractivity contribution in [2.75, 3.05) is 6.61 Å². The van der Waals surface area contributed by atoms with Crippen molar-refractivity contribution in [2.45, 2.75) is 70.6 Å². The number of aliphatic carboxylic acids is 1. The van der Waals surface area contributed by atoms with Crippen molar-refractivity contribution in [3.63, 3.8) is 0 Å². The maximum absolute atomic E-state index is 11.1. The number of hydrogen-bond acceptors (Lipinski definition) is 3. The summed E-state index contributed by atoms with van der Waals surface area (Å²) in [5.74, 6) is -0.793. The van der Waals surface area contributed by atoms with Crippen LogP contribution in [0.25, 0.3) is 0 Å². The average molecular weight is 255 g/mol. The zero-order valence-corrected chi connectivity index (χ0v) is 11.4. The maximum Gasteiger partial charge on any atom is 0.323 e. The molecule has 4 heteroatoms. The maximum atomic E-state index is 11.1. The zero-order valence-electron chi connectivity index (χ0n) is 11.4. The van der Waals surface area contributed by atoms with Crippen LogP contribution in [-0.2, 0) is 9.53 Å². The van der Waals surface area contributed by atoms with Crippen molar-refractivity contribution < 1.29 is 14.6 Å². The highest BCUT2D eigenvalue weighted by molar-refractivity contribution is 5.73. The van der Waals surface area contributed by atoms with Gasteiger partial charge >= 0.3 is 5.97 Å². The molecule has 2 aliphatic carbocycles. The third kappa shape index (κ3) is 4.25. The lowest BCUT2D eigenvalue weighted by atomic mass is 9.76. The highest BCUT2D eigenvalue weighted by Crippen LogP contribution is 2.36. The summed E-state index contributed by atoms with van der Waals surface area (Å²) in [6.45, 7) is 4.88. The Morgan fingerprint density at radius 3 is 2.44 bits per heavy atom. The zero-order chi connectivity index (χ0) is 13.2. The summed E-state index contributed by atoms with van der Waals surface area (Å²) < 4.78 is 5.79. The van der Waals surface area contributed by atoms with E-state index in [0.717, 1.165) is 25.7 Å². The molecule has 2 N–H and O–H groups in total. The number of hydrogen-bond donors (Lipinski definition) is 2. The summed E-state index contributed by atoms with van der Waals surface area (Å²) in [5.41, 5.74) is 0.429. The quantitative estimate of drug-likeness (QED) is 0.763. The molecule has 104 valence electrons. The van der Waals surface area contributed by atoms with Crippen LogP contribution in [0, 0.1) is 5.41 Å². The van der Waals surface area contributed by atoms with Crippen LogP contribution in [-0.4, -0.2) is 35.9 Å². The molecule has 2 fully saturated rings. The van der Waals surface area contributed by atoms with Crippen molar-refractivity contribution in [1.29, 1.82) is 0 Å². The Morgan fingerprint density at radius 2 is 1.94 bits per heavy atom. The second kappa shape index (κ2) is 5.57. The third-order valence-electron chi connectivity index (χ3n) is 4.10. The Labute approximate surface area is 109 Å². The highest BCUT2D eigenvalue weighted by Gasteiger charge is 2.31. The molecule has 0 aromatic rings. The van der Waals surface area contributed by atoms with E-state index in [2.05, 4.69) is 19.2 Å². The van der Waals surface area contributed by atoms with Gasteiger partial charge in [-0.2, -0.15) is 0 Å². The molecule has 2 rings (SSSR count). The summed E-state index contributed by atoms with van der Waals surface area (Å²) in [6, 6.07) is -0.132. The van der Waals surface area contributed by atoms with Gasteiger partial charge < -0.3 is 9.84 Å². The van der Waals surface area contributed by atoms with Crippen LogP contribution in [0.2, 0.25) is 0 Å². The highest BCUT2D eigenvalue weighted by atomic mass is 16.5. The van der Waals surface area contributed by atoms with Gasteiger partial charge in [-0.15, -0.1) is 0 Å². The summed E-state index contributed by atoms with van der Waals surface area (Å²) >= 11 is 0. The molecule has 1 atom stereocenters. The molecule has 0 amide bonds. The first-order valence-electron chi connectivity index (χ1n) is 7.07. The lowest BCUT2D eigenvalue weighted by molar-refractivity contribution is -0.142. The van der Waals surface area contributed by atoms with Crippen molar-refractivity contribution >= 4 is 5.97 Å².